The lowest BCUT2D eigenvalue weighted by atomic mass is 9.99. The third-order valence-electron chi connectivity index (χ3n) is 4.08. The first-order valence-electron chi connectivity index (χ1n) is 7.33. The summed E-state index contributed by atoms with van der Waals surface area (Å²) in [5.41, 5.74) is 2.17. The van der Waals surface area contributed by atoms with E-state index < -0.39 is 0 Å². The second-order valence-electron chi connectivity index (χ2n) is 5.58. The third kappa shape index (κ3) is 3.24. The van der Waals surface area contributed by atoms with Crippen molar-refractivity contribution >= 4 is 5.91 Å². The van der Waals surface area contributed by atoms with Gasteiger partial charge in [0.05, 0.1) is 6.42 Å². The van der Waals surface area contributed by atoms with E-state index in [0.29, 0.717) is 12.3 Å². The van der Waals surface area contributed by atoms with E-state index in [2.05, 4.69) is 12.1 Å². The minimum atomic E-state index is 0.138. The van der Waals surface area contributed by atoms with Crippen molar-refractivity contribution < 1.29 is 9.90 Å². The number of amides is 1. The molecular weight excluding hydrogens is 262 g/mol. The molecule has 0 aromatic heterocycles. The standard InChI is InChI=1S/C18H19NO2/c20-17-8-4-5-14(11-17)12-18(21)19-10-9-16(13-19)15-6-2-1-3-7-15/h1-8,11,16,20H,9-10,12-13H2. The summed E-state index contributed by atoms with van der Waals surface area (Å²) in [6.45, 7) is 1.61. The molecule has 1 aliphatic rings. The molecule has 0 saturated carbocycles. The third-order valence-corrected chi connectivity index (χ3v) is 4.08. The Morgan fingerprint density at radius 2 is 1.95 bits per heavy atom. The SMILES string of the molecule is O=C(Cc1cccc(O)c1)N1CCC(c2ccccc2)C1. The largest absolute Gasteiger partial charge is 0.508 e. The number of hydrogen-bond acceptors (Lipinski definition) is 2. The Morgan fingerprint density at radius 1 is 1.14 bits per heavy atom. The number of phenols is 1. The highest BCUT2D eigenvalue weighted by molar-refractivity contribution is 5.79. The molecule has 0 spiro atoms. The van der Waals surface area contributed by atoms with Gasteiger partial charge in [-0.3, -0.25) is 4.79 Å². The lowest BCUT2D eigenvalue weighted by Crippen LogP contribution is -2.29. The monoisotopic (exact) mass is 281 g/mol. The first-order valence-corrected chi connectivity index (χ1v) is 7.33. The molecule has 2 aromatic rings. The maximum absolute atomic E-state index is 12.3. The molecule has 1 heterocycles. The Morgan fingerprint density at radius 3 is 2.71 bits per heavy atom. The van der Waals surface area contributed by atoms with Gasteiger partial charge in [0.25, 0.3) is 0 Å². The van der Waals surface area contributed by atoms with E-state index in [-0.39, 0.29) is 11.7 Å². The Bertz CT molecular complexity index is 624. The molecule has 3 rings (SSSR count). The maximum atomic E-state index is 12.3. The van der Waals surface area contributed by atoms with E-state index in [4.69, 9.17) is 0 Å². The van der Waals surface area contributed by atoms with Crippen molar-refractivity contribution in [2.75, 3.05) is 13.1 Å². The highest BCUT2D eigenvalue weighted by atomic mass is 16.3. The smallest absolute Gasteiger partial charge is 0.227 e. The molecule has 3 heteroatoms. The summed E-state index contributed by atoms with van der Waals surface area (Å²) in [5.74, 6) is 0.794. The fraction of sp³-hybridized carbons (Fsp3) is 0.278. The molecular formula is C18H19NO2. The summed E-state index contributed by atoms with van der Waals surface area (Å²) in [7, 11) is 0. The second-order valence-corrected chi connectivity index (χ2v) is 5.58. The minimum absolute atomic E-state index is 0.138. The van der Waals surface area contributed by atoms with Crippen LogP contribution in [0.3, 0.4) is 0 Å². The number of carbonyl (C=O) groups is 1. The molecule has 1 fully saturated rings. The van der Waals surface area contributed by atoms with E-state index in [1.54, 1.807) is 18.2 Å². The highest BCUT2D eigenvalue weighted by Crippen LogP contribution is 2.27. The fourth-order valence-electron chi connectivity index (χ4n) is 2.94. The molecule has 1 aliphatic heterocycles. The molecule has 21 heavy (non-hydrogen) atoms. The van der Waals surface area contributed by atoms with Crippen molar-refractivity contribution in [3.8, 4) is 5.75 Å². The van der Waals surface area contributed by atoms with E-state index in [0.717, 1.165) is 25.1 Å². The van der Waals surface area contributed by atoms with Gasteiger partial charge < -0.3 is 10.0 Å². The molecule has 1 saturated heterocycles. The quantitative estimate of drug-likeness (QED) is 0.939. The zero-order valence-electron chi connectivity index (χ0n) is 11.9. The van der Waals surface area contributed by atoms with Crippen LogP contribution >= 0.6 is 0 Å². The van der Waals surface area contributed by atoms with Crippen LogP contribution in [-0.2, 0) is 11.2 Å². The lowest BCUT2D eigenvalue weighted by molar-refractivity contribution is -0.129. The Labute approximate surface area is 124 Å². The second kappa shape index (κ2) is 6.00. The number of hydrogen-bond donors (Lipinski definition) is 1. The van der Waals surface area contributed by atoms with Crippen LogP contribution < -0.4 is 0 Å². The minimum Gasteiger partial charge on any atom is -0.508 e. The van der Waals surface area contributed by atoms with Crippen LogP contribution in [0.4, 0.5) is 0 Å². The van der Waals surface area contributed by atoms with E-state index >= 15 is 0 Å². The van der Waals surface area contributed by atoms with Gasteiger partial charge in [-0.25, -0.2) is 0 Å². The number of phenolic OH excluding ortho intramolecular Hbond substituents is 1. The molecule has 108 valence electrons. The van der Waals surface area contributed by atoms with Crippen LogP contribution in [0.5, 0.6) is 5.75 Å². The van der Waals surface area contributed by atoms with Gasteiger partial charge in [-0.2, -0.15) is 0 Å². The molecule has 0 aliphatic carbocycles. The number of aromatic hydroxyl groups is 1. The molecule has 2 aromatic carbocycles. The van der Waals surface area contributed by atoms with Crippen LogP contribution in [-0.4, -0.2) is 29.0 Å². The molecule has 0 radical (unpaired) electrons. The van der Waals surface area contributed by atoms with Crippen LogP contribution in [0.15, 0.2) is 54.6 Å². The summed E-state index contributed by atoms with van der Waals surface area (Å²) >= 11 is 0. The summed E-state index contributed by atoms with van der Waals surface area (Å²) in [4.78, 5) is 14.3. The molecule has 1 amide bonds. The molecule has 1 unspecified atom stereocenters. The predicted octanol–water partition coefficient (Wildman–Crippen LogP) is 2.95. The topological polar surface area (TPSA) is 40.5 Å². The van der Waals surface area contributed by atoms with Crippen LogP contribution in [0.25, 0.3) is 0 Å². The maximum Gasteiger partial charge on any atom is 0.227 e. The zero-order chi connectivity index (χ0) is 14.7. The zero-order valence-corrected chi connectivity index (χ0v) is 11.9. The van der Waals surface area contributed by atoms with Gasteiger partial charge in [0.2, 0.25) is 5.91 Å². The lowest BCUT2D eigenvalue weighted by Gasteiger charge is -2.17. The van der Waals surface area contributed by atoms with Crippen molar-refractivity contribution in [1.82, 2.24) is 4.90 Å². The number of rotatable bonds is 3. The Kier molecular flexibility index (Phi) is 3.91. The van der Waals surface area contributed by atoms with Crippen LogP contribution in [0, 0.1) is 0 Å². The fourth-order valence-corrected chi connectivity index (χ4v) is 2.94. The van der Waals surface area contributed by atoms with E-state index in [1.807, 2.05) is 29.2 Å². The molecule has 3 nitrogen and oxygen atoms in total. The first kappa shape index (κ1) is 13.7. The van der Waals surface area contributed by atoms with E-state index in [1.165, 1.54) is 5.56 Å². The average Bonchev–Trinajstić information content (AvgIpc) is 2.98. The first-order chi connectivity index (χ1) is 10.2. The summed E-state index contributed by atoms with van der Waals surface area (Å²) < 4.78 is 0. The number of likely N-dealkylation sites (tertiary alicyclic amines) is 1. The Hall–Kier alpha value is -2.29. The average molecular weight is 281 g/mol. The van der Waals surface area contributed by atoms with Gasteiger partial charge in [0, 0.05) is 19.0 Å². The van der Waals surface area contributed by atoms with Crippen molar-refractivity contribution in [3.05, 3.63) is 65.7 Å². The van der Waals surface area contributed by atoms with Gasteiger partial charge in [-0.05, 0) is 29.7 Å². The normalized spacial score (nSPS) is 17.9. The van der Waals surface area contributed by atoms with Crippen molar-refractivity contribution in [3.63, 3.8) is 0 Å². The molecule has 1 atom stereocenters. The summed E-state index contributed by atoms with van der Waals surface area (Å²) in [6, 6.07) is 17.3. The van der Waals surface area contributed by atoms with Gasteiger partial charge >= 0.3 is 0 Å². The Balaban J connectivity index is 1.62. The number of benzene rings is 2. The van der Waals surface area contributed by atoms with Crippen molar-refractivity contribution in [2.24, 2.45) is 0 Å². The van der Waals surface area contributed by atoms with Gasteiger partial charge in [-0.1, -0.05) is 42.5 Å². The van der Waals surface area contributed by atoms with Gasteiger partial charge in [-0.15, -0.1) is 0 Å². The van der Waals surface area contributed by atoms with Crippen LogP contribution in [0.1, 0.15) is 23.5 Å². The van der Waals surface area contributed by atoms with E-state index in [9.17, 15) is 9.90 Å². The summed E-state index contributed by atoms with van der Waals surface area (Å²) in [6.07, 6.45) is 1.38. The highest BCUT2D eigenvalue weighted by Gasteiger charge is 2.26. The van der Waals surface area contributed by atoms with Gasteiger partial charge in [0.1, 0.15) is 5.75 Å². The molecule has 0 bridgehead atoms. The van der Waals surface area contributed by atoms with Crippen molar-refractivity contribution in [1.29, 1.82) is 0 Å². The van der Waals surface area contributed by atoms with Gasteiger partial charge in [0.15, 0.2) is 0 Å². The number of nitrogens with zero attached hydrogens (tertiary/aromatic N) is 1. The van der Waals surface area contributed by atoms with Crippen LogP contribution in [0.2, 0.25) is 0 Å². The predicted molar refractivity (Wildman–Crippen MR) is 82.2 cm³/mol. The summed E-state index contributed by atoms with van der Waals surface area (Å²) in [5, 5.41) is 9.46. The molecule has 1 N–H and O–H groups in total. The number of carbonyl (C=O) groups excluding carboxylic acids is 1. The van der Waals surface area contributed by atoms with Crippen molar-refractivity contribution in [2.45, 2.75) is 18.8 Å².